The number of rotatable bonds is 5. The zero-order valence-corrected chi connectivity index (χ0v) is 15.9. The standard InChI is InChI=1S/C18H12Cl2N4O4/c1-27-18(26)14-15(13-11(19)6-4-7-12(13)20)24-28-16(14)17(25)23-22-9-10-5-2-3-8-21-10/h2-9H,1H3,(H,23,25). The minimum Gasteiger partial charge on any atom is -0.465 e. The Morgan fingerprint density at radius 3 is 2.57 bits per heavy atom. The third kappa shape index (κ3) is 4.03. The number of methoxy groups -OCH3 is 1. The molecule has 8 nitrogen and oxygen atoms in total. The normalized spacial score (nSPS) is 10.8. The monoisotopic (exact) mass is 418 g/mol. The van der Waals surface area contributed by atoms with Gasteiger partial charge in [-0.2, -0.15) is 5.10 Å². The van der Waals surface area contributed by atoms with Crippen LogP contribution in [0.2, 0.25) is 10.0 Å². The van der Waals surface area contributed by atoms with Crippen molar-refractivity contribution < 1.29 is 18.8 Å². The summed E-state index contributed by atoms with van der Waals surface area (Å²) in [5, 5.41) is 8.03. The number of hydrogen-bond donors (Lipinski definition) is 1. The summed E-state index contributed by atoms with van der Waals surface area (Å²) in [6.45, 7) is 0. The summed E-state index contributed by atoms with van der Waals surface area (Å²) in [4.78, 5) is 28.7. The predicted octanol–water partition coefficient (Wildman–Crippen LogP) is 3.59. The van der Waals surface area contributed by atoms with E-state index < -0.39 is 17.6 Å². The average molecular weight is 419 g/mol. The second kappa shape index (κ2) is 8.64. The van der Waals surface area contributed by atoms with Crippen LogP contribution >= 0.6 is 23.2 Å². The number of benzene rings is 1. The summed E-state index contributed by atoms with van der Waals surface area (Å²) >= 11 is 12.3. The van der Waals surface area contributed by atoms with Gasteiger partial charge in [0.15, 0.2) is 0 Å². The molecule has 1 aromatic carbocycles. The third-order valence-corrected chi connectivity index (χ3v) is 4.17. The molecule has 142 valence electrons. The Balaban J connectivity index is 1.95. The number of carbonyl (C=O) groups excluding carboxylic acids is 2. The molecule has 0 aliphatic heterocycles. The SMILES string of the molecule is COC(=O)c1c(-c2c(Cl)cccc2Cl)noc1C(=O)NN=Cc1ccccn1. The highest BCUT2D eigenvalue weighted by atomic mass is 35.5. The molecule has 0 saturated carbocycles. The molecule has 3 aromatic rings. The van der Waals surface area contributed by atoms with Crippen LogP contribution in [0.15, 0.2) is 52.2 Å². The van der Waals surface area contributed by atoms with Crippen molar-refractivity contribution in [3.05, 3.63) is 69.7 Å². The van der Waals surface area contributed by atoms with Gasteiger partial charge in [-0.3, -0.25) is 9.78 Å². The summed E-state index contributed by atoms with van der Waals surface area (Å²) in [5.74, 6) is -2.04. The summed E-state index contributed by atoms with van der Waals surface area (Å²) in [6.07, 6.45) is 2.91. The van der Waals surface area contributed by atoms with Gasteiger partial charge in [0.25, 0.3) is 0 Å². The van der Waals surface area contributed by atoms with Crippen molar-refractivity contribution in [2.24, 2.45) is 5.10 Å². The van der Waals surface area contributed by atoms with E-state index in [2.05, 4.69) is 20.7 Å². The molecule has 0 aliphatic carbocycles. The lowest BCUT2D eigenvalue weighted by atomic mass is 10.1. The highest BCUT2D eigenvalue weighted by molar-refractivity contribution is 6.39. The molecule has 0 bridgehead atoms. The van der Waals surface area contributed by atoms with Crippen LogP contribution in [-0.2, 0) is 4.74 Å². The van der Waals surface area contributed by atoms with Crippen molar-refractivity contribution in [2.45, 2.75) is 0 Å². The number of carbonyl (C=O) groups is 2. The summed E-state index contributed by atoms with van der Waals surface area (Å²) in [6, 6.07) is 9.97. The third-order valence-electron chi connectivity index (χ3n) is 3.54. The molecule has 0 unspecified atom stereocenters. The summed E-state index contributed by atoms with van der Waals surface area (Å²) in [7, 11) is 1.16. The Kier molecular flexibility index (Phi) is 6.03. The molecule has 0 fully saturated rings. The Labute approximate surface area is 169 Å². The number of ether oxygens (including phenoxy) is 1. The number of pyridine rings is 1. The molecule has 0 atom stereocenters. The van der Waals surface area contributed by atoms with E-state index in [0.717, 1.165) is 7.11 Å². The smallest absolute Gasteiger partial charge is 0.344 e. The fourth-order valence-corrected chi connectivity index (χ4v) is 2.87. The molecule has 28 heavy (non-hydrogen) atoms. The van der Waals surface area contributed by atoms with Crippen LogP contribution in [-0.4, -0.2) is 35.3 Å². The number of nitrogens with zero attached hydrogens (tertiary/aromatic N) is 3. The maximum atomic E-state index is 12.4. The Morgan fingerprint density at radius 1 is 1.18 bits per heavy atom. The molecule has 0 aliphatic rings. The molecular formula is C18H12Cl2N4O4. The van der Waals surface area contributed by atoms with Crippen LogP contribution in [0, 0.1) is 0 Å². The summed E-state index contributed by atoms with van der Waals surface area (Å²) in [5.41, 5.74) is 2.78. The van der Waals surface area contributed by atoms with Gasteiger partial charge >= 0.3 is 11.9 Å². The lowest BCUT2D eigenvalue weighted by molar-refractivity contribution is 0.0594. The fraction of sp³-hybridized carbons (Fsp3) is 0.0556. The molecule has 1 amide bonds. The van der Waals surface area contributed by atoms with Crippen molar-refractivity contribution in [1.82, 2.24) is 15.6 Å². The van der Waals surface area contributed by atoms with Crippen molar-refractivity contribution in [3.8, 4) is 11.3 Å². The predicted molar refractivity (Wildman–Crippen MR) is 103 cm³/mol. The van der Waals surface area contributed by atoms with Gasteiger partial charge in [-0.25, -0.2) is 10.2 Å². The number of hydrogen-bond acceptors (Lipinski definition) is 7. The fourth-order valence-electron chi connectivity index (χ4n) is 2.29. The maximum absolute atomic E-state index is 12.4. The largest absolute Gasteiger partial charge is 0.465 e. The molecule has 10 heteroatoms. The zero-order chi connectivity index (χ0) is 20.1. The van der Waals surface area contributed by atoms with Gasteiger partial charge < -0.3 is 9.26 Å². The number of aromatic nitrogens is 2. The van der Waals surface area contributed by atoms with Crippen LogP contribution in [0.4, 0.5) is 0 Å². The lowest BCUT2D eigenvalue weighted by Crippen LogP contribution is -2.20. The van der Waals surface area contributed by atoms with Crippen molar-refractivity contribution in [3.63, 3.8) is 0 Å². The van der Waals surface area contributed by atoms with E-state index >= 15 is 0 Å². The second-order valence-corrected chi connectivity index (χ2v) is 6.09. The number of amides is 1. The zero-order valence-electron chi connectivity index (χ0n) is 14.3. The van der Waals surface area contributed by atoms with E-state index in [-0.39, 0.29) is 26.9 Å². The number of nitrogens with one attached hydrogen (secondary N) is 1. The minimum absolute atomic E-state index is 0.0127. The Morgan fingerprint density at radius 2 is 1.93 bits per heavy atom. The van der Waals surface area contributed by atoms with Gasteiger partial charge in [-0.05, 0) is 24.3 Å². The van der Waals surface area contributed by atoms with Crippen molar-refractivity contribution in [2.75, 3.05) is 7.11 Å². The Hall–Kier alpha value is -3.23. The van der Waals surface area contributed by atoms with Crippen LogP contribution in [0.25, 0.3) is 11.3 Å². The van der Waals surface area contributed by atoms with E-state index in [4.69, 9.17) is 32.5 Å². The quantitative estimate of drug-likeness (QED) is 0.385. The van der Waals surface area contributed by atoms with E-state index in [9.17, 15) is 9.59 Å². The second-order valence-electron chi connectivity index (χ2n) is 5.28. The topological polar surface area (TPSA) is 107 Å². The first-order chi connectivity index (χ1) is 13.5. The highest BCUT2D eigenvalue weighted by Crippen LogP contribution is 2.37. The minimum atomic E-state index is -0.842. The van der Waals surface area contributed by atoms with E-state index in [1.165, 1.54) is 6.21 Å². The van der Waals surface area contributed by atoms with Gasteiger partial charge in [0, 0.05) is 11.8 Å². The van der Waals surface area contributed by atoms with Crippen molar-refractivity contribution in [1.29, 1.82) is 0 Å². The highest BCUT2D eigenvalue weighted by Gasteiger charge is 2.31. The number of hydrazone groups is 1. The van der Waals surface area contributed by atoms with Crippen LogP contribution in [0.5, 0.6) is 0 Å². The first-order valence-corrected chi connectivity index (χ1v) is 8.55. The maximum Gasteiger partial charge on any atom is 0.344 e. The van der Waals surface area contributed by atoms with Gasteiger partial charge in [-0.1, -0.05) is 40.5 Å². The van der Waals surface area contributed by atoms with E-state index in [1.807, 2.05) is 0 Å². The number of esters is 1. The molecule has 0 radical (unpaired) electrons. The first-order valence-electron chi connectivity index (χ1n) is 7.79. The van der Waals surface area contributed by atoms with Gasteiger partial charge in [0.05, 0.1) is 29.1 Å². The van der Waals surface area contributed by atoms with Crippen LogP contribution in [0.1, 0.15) is 26.6 Å². The molecule has 3 rings (SSSR count). The lowest BCUT2D eigenvalue weighted by Gasteiger charge is -2.05. The van der Waals surface area contributed by atoms with Gasteiger partial charge in [0.2, 0.25) is 5.76 Å². The Bertz CT molecular complexity index is 1030. The van der Waals surface area contributed by atoms with Gasteiger partial charge in [0.1, 0.15) is 11.3 Å². The molecule has 2 aromatic heterocycles. The number of halogens is 2. The molecular weight excluding hydrogens is 407 g/mol. The molecule has 0 saturated heterocycles. The average Bonchev–Trinajstić information content (AvgIpc) is 3.13. The summed E-state index contributed by atoms with van der Waals surface area (Å²) < 4.78 is 9.83. The van der Waals surface area contributed by atoms with E-state index in [1.54, 1.807) is 42.6 Å². The van der Waals surface area contributed by atoms with E-state index in [0.29, 0.717) is 5.69 Å². The molecule has 1 N–H and O–H groups in total. The van der Waals surface area contributed by atoms with Crippen molar-refractivity contribution >= 4 is 41.3 Å². The van der Waals surface area contributed by atoms with Crippen LogP contribution in [0.3, 0.4) is 0 Å². The molecule has 0 spiro atoms. The first kappa shape index (κ1) is 19.5. The van der Waals surface area contributed by atoms with Crippen LogP contribution < -0.4 is 5.43 Å². The van der Waals surface area contributed by atoms with Gasteiger partial charge in [-0.15, -0.1) is 0 Å². The molecule has 2 heterocycles.